The van der Waals surface area contributed by atoms with Gasteiger partial charge in [-0.25, -0.2) is 4.39 Å². The van der Waals surface area contributed by atoms with Crippen molar-refractivity contribution in [1.29, 1.82) is 0 Å². The van der Waals surface area contributed by atoms with E-state index < -0.39 is 5.82 Å². The number of carbonyl (C=O) groups is 2. The number of halogens is 1. The number of benzene rings is 1. The summed E-state index contributed by atoms with van der Waals surface area (Å²) in [4.78, 5) is 24.9. The first-order valence-corrected chi connectivity index (χ1v) is 8.97. The smallest absolute Gasteiger partial charge is 0.265 e. The summed E-state index contributed by atoms with van der Waals surface area (Å²) in [5, 5.41) is 7.20. The predicted octanol–water partition coefficient (Wildman–Crippen LogP) is 4.66. The number of thiophene rings is 1. The van der Waals surface area contributed by atoms with Gasteiger partial charge in [0.15, 0.2) is 0 Å². The molecule has 1 aromatic heterocycles. The highest BCUT2D eigenvalue weighted by Crippen LogP contribution is 2.26. The molecular weight excluding hydrogens is 327 g/mol. The number of amides is 2. The minimum absolute atomic E-state index is 0.0532. The van der Waals surface area contributed by atoms with Gasteiger partial charge < -0.3 is 10.6 Å². The van der Waals surface area contributed by atoms with E-state index in [9.17, 15) is 14.0 Å². The molecule has 24 heavy (non-hydrogen) atoms. The normalized spacial score (nSPS) is 15.0. The van der Waals surface area contributed by atoms with Crippen molar-refractivity contribution >= 4 is 34.5 Å². The molecule has 1 heterocycles. The van der Waals surface area contributed by atoms with Gasteiger partial charge in [0, 0.05) is 11.6 Å². The Kier molecular flexibility index (Phi) is 5.25. The Bertz CT molecular complexity index is 725. The lowest BCUT2D eigenvalue weighted by Gasteiger charge is -2.21. The van der Waals surface area contributed by atoms with Crippen LogP contribution in [-0.4, -0.2) is 11.8 Å². The zero-order valence-electron chi connectivity index (χ0n) is 13.2. The minimum atomic E-state index is -0.506. The number of carbonyl (C=O) groups excluding carboxylic acids is 2. The molecule has 1 saturated carbocycles. The van der Waals surface area contributed by atoms with E-state index in [4.69, 9.17) is 0 Å². The molecular formula is C18H19FN2O2S. The van der Waals surface area contributed by atoms with Gasteiger partial charge in [-0.2, -0.15) is 0 Å². The molecule has 0 radical (unpaired) electrons. The van der Waals surface area contributed by atoms with E-state index in [0.29, 0.717) is 10.6 Å². The van der Waals surface area contributed by atoms with Gasteiger partial charge in [-0.3, -0.25) is 9.59 Å². The maximum Gasteiger partial charge on any atom is 0.265 e. The third-order valence-electron chi connectivity index (χ3n) is 4.20. The van der Waals surface area contributed by atoms with Gasteiger partial charge in [0.05, 0.1) is 10.6 Å². The molecule has 0 unspecified atom stereocenters. The van der Waals surface area contributed by atoms with Crippen molar-refractivity contribution in [2.75, 3.05) is 10.6 Å². The predicted molar refractivity (Wildman–Crippen MR) is 93.9 cm³/mol. The van der Waals surface area contributed by atoms with Gasteiger partial charge in [0.25, 0.3) is 5.91 Å². The highest BCUT2D eigenvalue weighted by molar-refractivity contribution is 7.12. The van der Waals surface area contributed by atoms with Crippen LogP contribution in [0.3, 0.4) is 0 Å². The fourth-order valence-electron chi connectivity index (χ4n) is 2.90. The summed E-state index contributed by atoms with van der Waals surface area (Å²) >= 11 is 1.33. The molecule has 2 aromatic rings. The summed E-state index contributed by atoms with van der Waals surface area (Å²) in [5.41, 5.74) is 0.559. The SMILES string of the molecule is O=C(Nc1ccc(F)c(NC(=O)C2CCCCC2)c1)c1cccs1. The van der Waals surface area contributed by atoms with Crippen LogP contribution in [0.15, 0.2) is 35.7 Å². The lowest BCUT2D eigenvalue weighted by atomic mass is 9.88. The quantitative estimate of drug-likeness (QED) is 0.846. The Morgan fingerprint density at radius 1 is 1.08 bits per heavy atom. The van der Waals surface area contributed by atoms with E-state index in [1.807, 2.05) is 5.38 Å². The van der Waals surface area contributed by atoms with Crippen LogP contribution in [0.1, 0.15) is 41.8 Å². The van der Waals surface area contributed by atoms with Gasteiger partial charge in [-0.05, 0) is 42.5 Å². The van der Waals surface area contributed by atoms with Crippen LogP contribution in [-0.2, 0) is 4.79 Å². The largest absolute Gasteiger partial charge is 0.323 e. The molecule has 1 aliphatic carbocycles. The standard InChI is InChI=1S/C18H19FN2O2S/c19-14-9-8-13(20-18(23)16-7-4-10-24-16)11-15(14)21-17(22)12-5-2-1-3-6-12/h4,7-12H,1-3,5-6H2,(H,20,23)(H,21,22). The first kappa shape index (κ1) is 16.6. The average Bonchev–Trinajstić information content (AvgIpc) is 3.13. The first-order valence-electron chi connectivity index (χ1n) is 8.09. The second-order valence-electron chi connectivity index (χ2n) is 5.95. The average molecular weight is 346 g/mol. The highest BCUT2D eigenvalue weighted by Gasteiger charge is 2.22. The van der Waals surface area contributed by atoms with Crippen LogP contribution in [0, 0.1) is 11.7 Å². The lowest BCUT2D eigenvalue weighted by Crippen LogP contribution is -2.25. The number of rotatable bonds is 4. The van der Waals surface area contributed by atoms with Crippen LogP contribution < -0.4 is 10.6 Å². The van der Waals surface area contributed by atoms with Crippen molar-refractivity contribution in [3.63, 3.8) is 0 Å². The zero-order chi connectivity index (χ0) is 16.9. The maximum atomic E-state index is 14.0. The van der Waals surface area contributed by atoms with Crippen molar-refractivity contribution in [1.82, 2.24) is 0 Å². The Morgan fingerprint density at radius 2 is 1.88 bits per heavy atom. The van der Waals surface area contributed by atoms with Crippen LogP contribution in [0.5, 0.6) is 0 Å². The summed E-state index contributed by atoms with van der Waals surface area (Å²) in [6.07, 6.45) is 4.93. The number of anilines is 2. The molecule has 1 fully saturated rings. The second-order valence-corrected chi connectivity index (χ2v) is 6.90. The number of hydrogen-bond donors (Lipinski definition) is 2. The first-order chi connectivity index (χ1) is 11.6. The van der Waals surface area contributed by atoms with Gasteiger partial charge in [0.2, 0.25) is 5.91 Å². The van der Waals surface area contributed by atoms with E-state index in [-0.39, 0.29) is 23.4 Å². The molecule has 6 heteroatoms. The summed E-state index contributed by atoms with van der Waals surface area (Å²) in [7, 11) is 0. The van der Waals surface area contributed by atoms with Gasteiger partial charge in [0.1, 0.15) is 5.82 Å². The Morgan fingerprint density at radius 3 is 2.58 bits per heavy atom. The third kappa shape index (κ3) is 4.00. The summed E-state index contributed by atoms with van der Waals surface area (Å²) < 4.78 is 14.0. The van der Waals surface area contributed by atoms with Crippen LogP contribution >= 0.6 is 11.3 Å². The maximum absolute atomic E-state index is 14.0. The molecule has 0 atom stereocenters. The van der Waals surface area contributed by atoms with E-state index in [0.717, 1.165) is 32.1 Å². The molecule has 2 N–H and O–H groups in total. The molecule has 3 rings (SSSR count). The topological polar surface area (TPSA) is 58.2 Å². The zero-order valence-corrected chi connectivity index (χ0v) is 14.0. The molecule has 126 valence electrons. The number of nitrogens with one attached hydrogen (secondary N) is 2. The van der Waals surface area contributed by atoms with Crippen molar-refractivity contribution in [3.8, 4) is 0 Å². The Hall–Kier alpha value is -2.21. The van der Waals surface area contributed by atoms with E-state index in [1.165, 1.54) is 29.5 Å². The van der Waals surface area contributed by atoms with Gasteiger partial charge in [-0.15, -0.1) is 11.3 Å². The minimum Gasteiger partial charge on any atom is -0.323 e. The monoisotopic (exact) mass is 346 g/mol. The van der Waals surface area contributed by atoms with Crippen molar-refractivity contribution in [2.45, 2.75) is 32.1 Å². The molecule has 0 bridgehead atoms. The van der Waals surface area contributed by atoms with Crippen LogP contribution in [0.2, 0.25) is 0 Å². The highest BCUT2D eigenvalue weighted by atomic mass is 32.1. The molecule has 1 aromatic carbocycles. The van der Waals surface area contributed by atoms with Crippen molar-refractivity contribution in [2.24, 2.45) is 5.92 Å². The van der Waals surface area contributed by atoms with E-state index >= 15 is 0 Å². The van der Waals surface area contributed by atoms with Crippen molar-refractivity contribution < 1.29 is 14.0 Å². The summed E-state index contributed by atoms with van der Waals surface area (Å²) in [6.45, 7) is 0. The van der Waals surface area contributed by atoms with Crippen LogP contribution in [0.25, 0.3) is 0 Å². The molecule has 0 aliphatic heterocycles. The Balaban J connectivity index is 1.69. The molecule has 0 spiro atoms. The Labute approximate surface area is 144 Å². The summed E-state index contributed by atoms with van der Waals surface area (Å²) in [5.74, 6) is -0.952. The van der Waals surface area contributed by atoms with Gasteiger partial charge >= 0.3 is 0 Å². The molecule has 2 amide bonds. The van der Waals surface area contributed by atoms with Crippen LogP contribution in [0.4, 0.5) is 15.8 Å². The molecule has 4 nitrogen and oxygen atoms in total. The second kappa shape index (κ2) is 7.57. The third-order valence-corrected chi connectivity index (χ3v) is 5.07. The molecule has 1 aliphatic rings. The molecule has 0 saturated heterocycles. The number of hydrogen-bond acceptors (Lipinski definition) is 3. The van der Waals surface area contributed by atoms with Gasteiger partial charge in [-0.1, -0.05) is 25.3 Å². The van der Waals surface area contributed by atoms with E-state index in [1.54, 1.807) is 12.1 Å². The van der Waals surface area contributed by atoms with Crippen molar-refractivity contribution in [3.05, 3.63) is 46.4 Å². The fourth-order valence-corrected chi connectivity index (χ4v) is 3.52. The fraction of sp³-hybridized carbons (Fsp3) is 0.333. The lowest BCUT2D eigenvalue weighted by molar-refractivity contribution is -0.120. The summed E-state index contributed by atoms with van der Waals surface area (Å²) in [6, 6.07) is 7.70. The van der Waals surface area contributed by atoms with E-state index in [2.05, 4.69) is 10.6 Å².